The number of nitrogens with zero attached hydrogens (tertiary/aromatic N) is 1. The highest BCUT2D eigenvalue weighted by atomic mass is 32.2. The monoisotopic (exact) mass is 434 g/mol. The van der Waals surface area contributed by atoms with Gasteiger partial charge in [0.25, 0.3) is 11.8 Å². The molecule has 9 heteroatoms. The zero-order chi connectivity index (χ0) is 22.3. The standard InChI is InChI=1S/C21H23FN2O5S/c1-13-4-6-16(18(22)10-13)14-5-7-17-15(11-14)12-24(19(17)25)9-8-21(2,20(26)23-27)30(3,28)29/h4-7,10-11,27H,8-9,12H2,1-3H3,(H,23,26). The molecule has 0 spiro atoms. The van der Waals surface area contributed by atoms with Crippen LogP contribution in [0.25, 0.3) is 11.1 Å². The number of fused-ring (bicyclic) bond motifs is 1. The second-order valence-corrected chi connectivity index (χ2v) is 10.2. The summed E-state index contributed by atoms with van der Waals surface area (Å²) in [4.78, 5) is 26.1. The van der Waals surface area contributed by atoms with Crippen LogP contribution in [-0.4, -0.2) is 47.9 Å². The summed E-state index contributed by atoms with van der Waals surface area (Å²) in [5.74, 6) is -1.69. The number of sulfone groups is 1. The Hall–Kier alpha value is -2.78. The fourth-order valence-corrected chi connectivity index (χ4v) is 4.36. The smallest absolute Gasteiger partial charge is 0.264 e. The van der Waals surface area contributed by atoms with E-state index in [1.54, 1.807) is 37.3 Å². The lowest BCUT2D eigenvalue weighted by Crippen LogP contribution is -2.50. The SMILES string of the molecule is Cc1ccc(-c2ccc3c(c2)CN(CCC(C)(C(=O)NO)S(C)(=O)=O)C3=O)c(F)c1. The van der Waals surface area contributed by atoms with E-state index < -0.39 is 20.5 Å². The first-order valence-electron chi connectivity index (χ1n) is 9.31. The highest BCUT2D eigenvalue weighted by molar-refractivity contribution is 7.92. The number of amides is 2. The molecule has 0 bridgehead atoms. The minimum absolute atomic E-state index is 0.00126. The predicted molar refractivity (Wildman–Crippen MR) is 109 cm³/mol. The topological polar surface area (TPSA) is 104 Å². The van der Waals surface area contributed by atoms with Crippen LogP contribution in [0.4, 0.5) is 4.39 Å². The number of hydroxylamine groups is 1. The van der Waals surface area contributed by atoms with Crippen LogP contribution >= 0.6 is 0 Å². The number of carbonyl (C=O) groups is 2. The van der Waals surface area contributed by atoms with E-state index in [1.165, 1.54) is 23.4 Å². The minimum atomic E-state index is -3.86. The number of hydrogen-bond donors (Lipinski definition) is 2. The molecule has 2 N–H and O–H groups in total. The molecule has 2 aromatic rings. The average Bonchev–Trinajstić information content (AvgIpc) is 2.99. The van der Waals surface area contributed by atoms with Gasteiger partial charge < -0.3 is 4.90 Å². The van der Waals surface area contributed by atoms with Crippen LogP contribution in [0.1, 0.15) is 34.8 Å². The van der Waals surface area contributed by atoms with Gasteiger partial charge in [0.15, 0.2) is 14.6 Å². The molecule has 1 heterocycles. The molecule has 1 atom stereocenters. The largest absolute Gasteiger partial charge is 0.334 e. The van der Waals surface area contributed by atoms with Gasteiger partial charge in [0.2, 0.25) is 0 Å². The number of aryl methyl sites for hydroxylation is 1. The van der Waals surface area contributed by atoms with E-state index in [0.717, 1.165) is 11.8 Å². The number of carbonyl (C=O) groups excluding carboxylic acids is 2. The van der Waals surface area contributed by atoms with Crippen molar-refractivity contribution in [1.29, 1.82) is 0 Å². The van der Waals surface area contributed by atoms with E-state index in [2.05, 4.69) is 0 Å². The summed E-state index contributed by atoms with van der Waals surface area (Å²) >= 11 is 0. The van der Waals surface area contributed by atoms with Crippen molar-refractivity contribution in [3.63, 3.8) is 0 Å². The van der Waals surface area contributed by atoms with E-state index in [1.807, 2.05) is 0 Å². The summed E-state index contributed by atoms with van der Waals surface area (Å²) in [6, 6.07) is 9.99. The zero-order valence-electron chi connectivity index (χ0n) is 16.9. The van der Waals surface area contributed by atoms with Crippen molar-refractivity contribution in [2.45, 2.75) is 31.6 Å². The Balaban J connectivity index is 1.83. The van der Waals surface area contributed by atoms with E-state index in [0.29, 0.717) is 22.3 Å². The quantitative estimate of drug-likeness (QED) is 0.537. The molecular weight excluding hydrogens is 411 g/mol. The van der Waals surface area contributed by atoms with Crippen LogP contribution in [0.15, 0.2) is 36.4 Å². The molecule has 1 aliphatic heterocycles. The van der Waals surface area contributed by atoms with Gasteiger partial charge in [0.05, 0.1) is 0 Å². The van der Waals surface area contributed by atoms with Crippen LogP contribution in [-0.2, 0) is 21.2 Å². The summed E-state index contributed by atoms with van der Waals surface area (Å²) < 4.78 is 36.6. The average molecular weight is 434 g/mol. The Labute approximate surface area is 174 Å². The Morgan fingerprint density at radius 3 is 2.50 bits per heavy atom. The molecule has 30 heavy (non-hydrogen) atoms. The van der Waals surface area contributed by atoms with Crippen molar-refractivity contribution >= 4 is 21.7 Å². The van der Waals surface area contributed by atoms with Gasteiger partial charge in [-0.25, -0.2) is 18.3 Å². The van der Waals surface area contributed by atoms with Crippen LogP contribution in [0, 0.1) is 12.7 Å². The molecule has 0 radical (unpaired) electrons. The van der Waals surface area contributed by atoms with E-state index in [-0.39, 0.29) is 31.2 Å². The van der Waals surface area contributed by atoms with Crippen molar-refractivity contribution in [2.24, 2.45) is 0 Å². The fourth-order valence-electron chi connectivity index (χ4n) is 3.52. The fraction of sp³-hybridized carbons (Fsp3) is 0.333. The molecule has 2 amide bonds. The van der Waals surface area contributed by atoms with Gasteiger partial charge in [-0.2, -0.15) is 0 Å². The third-order valence-electron chi connectivity index (χ3n) is 5.68. The van der Waals surface area contributed by atoms with E-state index >= 15 is 0 Å². The number of benzene rings is 2. The van der Waals surface area contributed by atoms with Crippen LogP contribution in [0.2, 0.25) is 0 Å². The highest BCUT2D eigenvalue weighted by Gasteiger charge is 2.44. The molecule has 7 nitrogen and oxygen atoms in total. The second kappa shape index (κ2) is 7.81. The Morgan fingerprint density at radius 1 is 1.23 bits per heavy atom. The van der Waals surface area contributed by atoms with Crippen LogP contribution < -0.4 is 5.48 Å². The van der Waals surface area contributed by atoms with E-state index in [4.69, 9.17) is 5.21 Å². The maximum Gasteiger partial charge on any atom is 0.264 e. The first kappa shape index (κ1) is 21.9. The second-order valence-electron chi connectivity index (χ2n) is 7.78. The molecule has 0 fully saturated rings. The number of halogens is 1. The van der Waals surface area contributed by atoms with Gasteiger partial charge in [-0.3, -0.25) is 14.8 Å². The third-order valence-corrected chi connectivity index (χ3v) is 7.70. The van der Waals surface area contributed by atoms with Gasteiger partial charge in [0.1, 0.15) is 5.82 Å². The molecule has 0 saturated carbocycles. The van der Waals surface area contributed by atoms with E-state index in [9.17, 15) is 22.4 Å². The molecule has 3 rings (SSSR count). The summed E-state index contributed by atoms with van der Waals surface area (Å²) in [5.41, 5.74) is 4.42. The maximum absolute atomic E-state index is 14.3. The first-order chi connectivity index (χ1) is 14.0. The number of rotatable bonds is 6. The predicted octanol–water partition coefficient (Wildman–Crippen LogP) is 2.46. The summed E-state index contributed by atoms with van der Waals surface area (Å²) in [5, 5.41) is 8.92. The first-order valence-corrected chi connectivity index (χ1v) is 11.2. The van der Waals surface area contributed by atoms with Crippen LogP contribution in [0.3, 0.4) is 0 Å². The van der Waals surface area contributed by atoms with Gasteiger partial charge >= 0.3 is 0 Å². The lowest BCUT2D eigenvalue weighted by Gasteiger charge is -2.27. The Kier molecular flexibility index (Phi) is 5.70. The molecule has 0 aromatic heterocycles. The van der Waals surface area contributed by atoms with Crippen molar-refractivity contribution < 1.29 is 27.6 Å². The van der Waals surface area contributed by atoms with Crippen molar-refractivity contribution in [1.82, 2.24) is 10.4 Å². The van der Waals surface area contributed by atoms with Crippen LogP contribution in [0.5, 0.6) is 0 Å². The molecular formula is C21H23FN2O5S. The number of hydrogen-bond acceptors (Lipinski definition) is 5. The number of nitrogens with one attached hydrogen (secondary N) is 1. The van der Waals surface area contributed by atoms with Crippen molar-refractivity contribution in [2.75, 3.05) is 12.8 Å². The molecule has 2 aromatic carbocycles. The van der Waals surface area contributed by atoms with Crippen molar-refractivity contribution in [3.05, 3.63) is 58.9 Å². The molecule has 1 unspecified atom stereocenters. The van der Waals surface area contributed by atoms with Gasteiger partial charge in [-0.05, 0) is 55.2 Å². The van der Waals surface area contributed by atoms with Crippen molar-refractivity contribution in [3.8, 4) is 11.1 Å². The normalized spacial score (nSPS) is 15.6. The summed E-state index contributed by atoms with van der Waals surface area (Å²) in [6.45, 7) is 3.22. The Bertz CT molecular complexity index is 1130. The minimum Gasteiger partial charge on any atom is -0.334 e. The van der Waals surface area contributed by atoms with Gasteiger partial charge in [-0.15, -0.1) is 0 Å². The molecule has 160 valence electrons. The lowest BCUT2D eigenvalue weighted by molar-refractivity contribution is -0.131. The van der Waals surface area contributed by atoms with Gasteiger partial charge in [-0.1, -0.05) is 18.2 Å². The Morgan fingerprint density at radius 2 is 1.90 bits per heavy atom. The lowest BCUT2D eigenvalue weighted by atomic mass is 9.99. The third kappa shape index (κ3) is 3.82. The molecule has 1 aliphatic rings. The zero-order valence-corrected chi connectivity index (χ0v) is 17.7. The molecule has 0 aliphatic carbocycles. The molecule has 0 saturated heterocycles. The maximum atomic E-state index is 14.3. The highest BCUT2D eigenvalue weighted by Crippen LogP contribution is 2.31. The summed E-state index contributed by atoms with van der Waals surface area (Å²) in [7, 11) is -3.86. The summed E-state index contributed by atoms with van der Waals surface area (Å²) in [6.07, 6.45) is 0.725. The van der Waals surface area contributed by atoms with Gasteiger partial charge in [0, 0.05) is 30.5 Å².